The number of rotatable bonds is 6. The quantitative estimate of drug-likeness (QED) is 0.131. The molecule has 9 nitrogen and oxygen atoms in total. The van der Waals surface area contributed by atoms with Crippen LogP contribution in [-0.4, -0.2) is 42.3 Å². The first kappa shape index (κ1) is 32.6. The van der Waals surface area contributed by atoms with E-state index < -0.39 is 11.7 Å². The molecule has 4 aromatic heterocycles. The number of aryl methyl sites for hydroxylation is 2. The molecule has 228 valence electrons. The summed E-state index contributed by atoms with van der Waals surface area (Å²) in [4.78, 5) is 46.2. The molecule has 0 N–H and O–H groups in total. The highest BCUT2D eigenvalue weighted by Gasteiger charge is 2.30. The number of nitrogens with zero attached hydrogens (tertiary/aromatic N) is 5. The second-order valence-corrected chi connectivity index (χ2v) is 14.7. The van der Waals surface area contributed by atoms with Gasteiger partial charge in [-0.05, 0) is 80.4 Å². The van der Waals surface area contributed by atoms with Crippen LogP contribution in [0, 0.1) is 12.8 Å². The van der Waals surface area contributed by atoms with Crippen molar-refractivity contribution in [3.63, 3.8) is 0 Å². The number of hydrogen-bond acceptors (Lipinski definition) is 9. The van der Waals surface area contributed by atoms with Crippen molar-refractivity contribution in [2.45, 2.75) is 66.5 Å². The van der Waals surface area contributed by atoms with E-state index in [-0.39, 0.29) is 11.6 Å². The van der Waals surface area contributed by atoms with Gasteiger partial charge < -0.3 is 14.1 Å². The molecule has 0 radical (unpaired) electrons. The summed E-state index contributed by atoms with van der Waals surface area (Å²) in [6.45, 7) is 13.5. The fraction of sp³-hybridized carbons (Fsp3) is 0.387. The van der Waals surface area contributed by atoms with Crippen LogP contribution in [0.15, 0.2) is 56.4 Å². The predicted octanol–water partition coefficient (Wildman–Crippen LogP) is 8.39. The number of carbonyl (C=O) groups is 1. The Hall–Kier alpha value is -3.35. The third-order valence-corrected chi connectivity index (χ3v) is 8.62. The molecule has 1 atom stereocenters. The summed E-state index contributed by atoms with van der Waals surface area (Å²) in [7, 11) is 1.74. The summed E-state index contributed by atoms with van der Waals surface area (Å²) in [6.07, 6.45) is 5.41. The minimum absolute atomic E-state index is 0.137. The number of halogens is 1. The second kappa shape index (κ2) is 13.5. The molecule has 0 bridgehead atoms. The Morgan fingerprint density at radius 3 is 2.35 bits per heavy atom. The van der Waals surface area contributed by atoms with Crippen LogP contribution in [0.4, 0.5) is 4.79 Å². The van der Waals surface area contributed by atoms with Gasteiger partial charge >= 0.3 is 6.09 Å². The van der Waals surface area contributed by atoms with E-state index in [9.17, 15) is 9.59 Å². The van der Waals surface area contributed by atoms with E-state index in [0.29, 0.717) is 28.3 Å². The lowest BCUT2D eigenvalue weighted by Crippen LogP contribution is -2.44. The number of hydroxylamine groups is 2. The summed E-state index contributed by atoms with van der Waals surface area (Å²) < 4.78 is 8.38. The maximum atomic E-state index is 13.3. The van der Waals surface area contributed by atoms with Crippen molar-refractivity contribution in [3.8, 4) is 16.2 Å². The van der Waals surface area contributed by atoms with Gasteiger partial charge in [-0.1, -0.05) is 13.8 Å². The molecule has 1 unspecified atom stereocenters. The van der Waals surface area contributed by atoms with Gasteiger partial charge in [-0.2, -0.15) is 0 Å². The normalized spacial score (nSPS) is 12.2. The van der Waals surface area contributed by atoms with Gasteiger partial charge in [-0.3, -0.25) is 19.7 Å². The van der Waals surface area contributed by atoms with E-state index in [1.165, 1.54) is 16.4 Å². The van der Waals surface area contributed by atoms with Gasteiger partial charge in [0.15, 0.2) is 5.75 Å². The van der Waals surface area contributed by atoms with Gasteiger partial charge in [0.25, 0.3) is 5.56 Å². The molecule has 4 heterocycles. The highest BCUT2D eigenvalue weighted by atomic mass is 79.9. The Bertz CT molecular complexity index is 1760. The Morgan fingerprint density at radius 2 is 1.79 bits per heavy atom. The van der Waals surface area contributed by atoms with Crippen LogP contribution >= 0.6 is 38.6 Å². The lowest BCUT2D eigenvalue weighted by molar-refractivity contribution is -0.0962. The van der Waals surface area contributed by atoms with Gasteiger partial charge in [0, 0.05) is 36.5 Å². The molecule has 0 aliphatic heterocycles. The number of aromatic nitrogens is 4. The van der Waals surface area contributed by atoms with Gasteiger partial charge in [0.2, 0.25) is 0 Å². The Labute approximate surface area is 267 Å². The first-order valence-corrected chi connectivity index (χ1v) is 16.4. The van der Waals surface area contributed by atoms with Crippen LogP contribution in [0.5, 0.6) is 5.75 Å². The number of thiazole rings is 2. The molecular weight excluding hydrogens is 650 g/mol. The van der Waals surface area contributed by atoms with Gasteiger partial charge in [-0.15, -0.1) is 27.7 Å². The summed E-state index contributed by atoms with van der Waals surface area (Å²) in [5, 5.41) is 3.60. The maximum absolute atomic E-state index is 13.3. The topological polar surface area (TPSA) is 99.4 Å². The van der Waals surface area contributed by atoms with Gasteiger partial charge in [0.05, 0.1) is 48.5 Å². The molecule has 0 fully saturated rings. The van der Waals surface area contributed by atoms with Crippen LogP contribution in [0.3, 0.4) is 0 Å². The number of amides is 1. The smallest absolute Gasteiger partial charge is 0.442 e. The monoisotopic (exact) mass is 685 g/mol. The SMILES string of the molecule is Brc1cncs1.Cc1nccc2c1c(=O)n(C)c1cc(ON(C(=O)OC(C)(C)C)C(C)CC(C)C)c(-c3cncs3)cc21. The molecule has 5 aromatic rings. The van der Waals surface area contributed by atoms with E-state index in [2.05, 4.69) is 44.7 Å². The highest BCUT2D eigenvalue weighted by molar-refractivity contribution is 9.11. The summed E-state index contributed by atoms with van der Waals surface area (Å²) in [5.74, 6) is 0.781. The van der Waals surface area contributed by atoms with Crippen molar-refractivity contribution in [3.05, 3.63) is 67.6 Å². The van der Waals surface area contributed by atoms with E-state index in [1.54, 1.807) is 52.6 Å². The molecule has 5 rings (SSSR count). The molecule has 43 heavy (non-hydrogen) atoms. The molecule has 0 spiro atoms. The van der Waals surface area contributed by atoms with E-state index in [0.717, 1.165) is 31.4 Å². The van der Waals surface area contributed by atoms with Crippen molar-refractivity contribution >= 4 is 66.4 Å². The zero-order valence-electron chi connectivity index (χ0n) is 25.5. The summed E-state index contributed by atoms with van der Waals surface area (Å²) in [5.41, 5.74) is 4.85. The molecule has 0 aliphatic carbocycles. The lowest BCUT2D eigenvalue weighted by atomic mass is 10.0. The first-order valence-electron chi connectivity index (χ1n) is 13.8. The van der Waals surface area contributed by atoms with Crippen LogP contribution < -0.4 is 10.4 Å². The molecule has 1 amide bonds. The Kier molecular flexibility index (Phi) is 10.2. The Balaban J connectivity index is 0.000000628. The van der Waals surface area contributed by atoms with E-state index in [4.69, 9.17) is 9.57 Å². The van der Waals surface area contributed by atoms with Crippen molar-refractivity contribution in [1.82, 2.24) is 24.6 Å². The standard InChI is InChI=1S/C28H34N4O4S.C3H2BrNS/c1-16(2)11-17(3)32(27(34)35-28(5,6)7)36-23-13-22-20(12-21(23)24-14-29-15-37-24)19-9-10-30-18(4)25(19)26(33)31(22)8;4-3-1-5-2-6-3/h9-10,12-17H,11H2,1-8H3;1-2H. The zero-order chi connectivity index (χ0) is 31.5. The van der Waals surface area contributed by atoms with Crippen LogP contribution in [0.1, 0.15) is 53.7 Å². The third kappa shape index (κ3) is 7.79. The van der Waals surface area contributed by atoms with Crippen molar-refractivity contribution < 1.29 is 14.4 Å². The highest BCUT2D eigenvalue weighted by Crippen LogP contribution is 2.39. The fourth-order valence-corrected chi connectivity index (χ4v) is 6.07. The largest absolute Gasteiger partial charge is 0.443 e. The molecule has 0 saturated heterocycles. The van der Waals surface area contributed by atoms with Crippen LogP contribution in [0.25, 0.3) is 32.1 Å². The van der Waals surface area contributed by atoms with Crippen LogP contribution in [0.2, 0.25) is 0 Å². The molecule has 1 aromatic carbocycles. The van der Waals surface area contributed by atoms with Crippen LogP contribution in [-0.2, 0) is 11.8 Å². The zero-order valence-corrected chi connectivity index (χ0v) is 28.8. The number of pyridine rings is 2. The third-order valence-electron chi connectivity index (χ3n) is 6.49. The van der Waals surface area contributed by atoms with Gasteiger partial charge in [-0.25, -0.2) is 4.79 Å². The van der Waals surface area contributed by atoms with E-state index >= 15 is 0 Å². The Morgan fingerprint density at radius 1 is 1.09 bits per heavy atom. The predicted molar refractivity (Wildman–Crippen MR) is 178 cm³/mol. The summed E-state index contributed by atoms with van der Waals surface area (Å²) in [6, 6.07) is 5.43. The second-order valence-electron chi connectivity index (χ2n) is 11.6. The average Bonchev–Trinajstić information content (AvgIpc) is 3.63. The first-order chi connectivity index (χ1) is 20.3. The number of ether oxygens (including phenoxy) is 1. The van der Waals surface area contributed by atoms with Crippen molar-refractivity contribution in [2.75, 3.05) is 0 Å². The summed E-state index contributed by atoms with van der Waals surface area (Å²) >= 11 is 6.29. The molecule has 0 saturated carbocycles. The molecule has 12 heteroatoms. The van der Waals surface area contributed by atoms with Crippen molar-refractivity contribution in [2.24, 2.45) is 13.0 Å². The number of hydrogen-bond donors (Lipinski definition) is 0. The number of fused-ring (bicyclic) bond motifs is 3. The minimum atomic E-state index is -0.686. The van der Waals surface area contributed by atoms with Crippen molar-refractivity contribution in [1.29, 1.82) is 0 Å². The average molecular weight is 687 g/mol. The molecular formula is C31H36BrN5O4S2. The van der Waals surface area contributed by atoms with E-state index in [1.807, 2.05) is 52.8 Å². The number of carbonyl (C=O) groups excluding carboxylic acids is 1. The minimum Gasteiger partial charge on any atom is -0.442 e. The van der Waals surface area contributed by atoms with Gasteiger partial charge in [0.1, 0.15) is 5.60 Å². The number of benzene rings is 1. The fourth-order valence-electron chi connectivity index (χ4n) is 4.72. The lowest BCUT2D eigenvalue weighted by Gasteiger charge is -2.32. The maximum Gasteiger partial charge on any atom is 0.443 e. The molecule has 0 aliphatic rings.